The molecule has 0 saturated carbocycles. The minimum Gasteiger partial charge on any atom is -0.508 e. The van der Waals surface area contributed by atoms with Crippen LogP contribution in [-0.4, -0.2) is 41.8 Å². The number of nitrogens with one attached hydrogen (secondary N) is 1. The maximum absolute atomic E-state index is 13.6. The molecule has 0 unspecified atom stereocenters. The Morgan fingerprint density at radius 1 is 1.00 bits per heavy atom. The van der Waals surface area contributed by atoms with Crippen LogP contribution in [0.4, 0.5) is 0 Å². The number of nitrogens with zero attached hydrogens (tertiary/aromatic N) is 1. The van der Waals surface area contributed by atoms with Crippen molar-refractivity contribution in [1.82, 2.24) is 9.88 Å². The zero-order valence-corrected chi connectivity index (χ0v) is 20.1. The van der Waals surface area contributed by atoms with Crippen LogP contribution in [0.1, 0.15) is 55.2 Å². The first kappa shape index (κ1) is 23.6. The molecule has 2 amide bonds. The Balaban J connectivity index is 1.79. The quantitative estimate of drug-likeness (QED) is 0.526. The summed E-state index contributed by atoms with van der Waals surface area (Å²) in [6.45, 7) is 5.77. The number of aromatic hydroxyl groups is 1. The average Bonchev–Trinajstić information content (AvgIpc) is 2.97. The lowest BCUT2D eigenvalue weighted by Gasteiger charge is -2.21. The van der Waals surface area contributed by atoms with Crippen molar-refractivity contribution in [3.05, 3.63) is 75.6 Å². The summed E-state index contributed by atoms with van der Waals surface area (Å²) in [6, 6.07) is 10.0. The van der Waals surface area contributed by atoms with E-state index in [4.69, 9.17) is 5.73 Å². The number of primary amides is 1. The second-order valence-electron chi connectivity index (χ2n) is 8.80. The molecule has 4 N–H and O–H groups in total. The first-order chi connectivity index (χ1) is 16.0. The highest BCUT2D eigenvalue weighted by Crippen LogP contribution is 2.32. The molecule has 0 bridgehead atoms. The molecule has 0 saturated heterocycles. The van der Waals surface area contributed by atoms with E-state index < -0.39 is 21.7 Å². The molecule has 1 aliphatic rings. The van der Waals surface area contributed by atoms with Crippen molar-refractivity contribution < 1.29 is 23.1 Å². The molecule has 4 rings (SSSR count). The van der Waals surface area contributed by atoms with Gasteiger partial charge < -0.3 is 20.7 Å². The van der Waals surface area contributed by atoms with Crippen LogP contribution in [0.3, 0.4) is 0 Å². The van der Waals surface area contributed by atoms with Crippen LogP contribution < -0.4 is 5.73 Å². The van der Waals surface area contributed by atoms with Crippen LogP contribution >= 0.6 is 0 Å². The van der Waals surface area contributed by atoms with Gasteiger partial charge in [-0.25, -0.2) is 8.42 Å². The molecule has 3 aromatic rings. The van der Waals surface area contributed by atoms with Crippen molar-refractivity contribution in [1.29, 1.82) is 0 Å². The lowest BCUT2D eigenvalue weighted by Crippen LogP contribution is -2.31. The van der Waals surface area contributed by atoms with E-state index in [1.165, 1.54) is 19.1 Å². The number of phenols is 1. The number of aryl methyl sites for hydroxylation is 3. The molecule has 8 nitrogen and oxygen atoms in total. The lowest BCUT2D eigenvalue weighted by atomic mass is 10.0. The van der Waals surface area contributed by atoms with E-state index in [9.17, 15) is 23.1 Å². The summed E-state index contributed by atoms with van der Waals surface area (Å²) in [5.41, 5.74) is 8.78. The molecule has 1 aromatic heterocycles. The number of H-pyrrole nitrogens is 1. The van der Waals surface area contributed by atoms with Gasteiger partial charge in [-0.1, -0.05) is 12.1 Å². The predicted octanol–water partition coefficient (Wildman–Crippen LogP) is 3.17. The van der Waals surface area contributed by atoms with Crippen LogP contribution in [0.5, 0.6) is 5.75 Å². The highest BCUT2D eigenvalue weighted by molar-refractivity contribution is 7.91. The molecule has 2 heterocycles. The fraction of sp³-hybridized carbons (Fsp3) is 0.280. The molecule has 0 radical (unpaired) electrons. The molecule has 9 heteroatoms. The van der Waals surface area contributed by atoms with Crippen LogP contribution in [0.25, 0.3) is 0 Å². The van der Waals surface area contributed by atoms with E-state index in [1.807, 2.05) is 12.1 Å². The summed E-state index contributed by atoms with van der Waals surface area (Å²) in [6.07, 6.45) is 1.46. The molecular formula is C25H27N3O5S. The summed E-state index contributed by atoms with van der Waals surface area (Å²) in [5, 5.41) is 9.88. The van der Waals surface area contributed by atoms with E-state index in [0.29, 0.717) is 13.0 Å². The Hall–Kier alpha value is -3.59. The normalized spacial score (nSPS) is 13.9. The molecule has 0 atom stereocenters. The number of hydrogen-bond donors (Lipinski definition) is 3. The third-order valence-electron chi connectivity index (χ3n) is 6.14. The zero-order chi connectivity index (χ0) is 24.8. The number of sulfone groups is 1. The third kappa shape index (κ3) is 4.19. The van der Waals surface area contributed by atoms with Gasteiger partial charge in [-0.3, -0.25) is 9.59 Å². The number of hydrogen-bond acceptors (Lipinski definition) is 5. The van der Waals surface area contributed by atoms with Gasteiger partial charge in [0.05, 0.1) is 4.90 Å². The van der Waals surface area contributed by atoms with Crippen LogP contribution in [0.2, 0.25) is 0 Å². The monoisotopic (exact) mass is 481 g/mol. The number of benzene rings is 2. The Morgan fingerprint density at radius 2 is 1.68 bits per heavy atom. The number of amides is 2. The van der Waals surface area contributed by atoms with Gasteiger partial charge >= 0.3 is 0 Å². The van der Waals surface area contributed by atoms with Gasteiger partial charge in [0.2, 0.25) is 9.84 Å². The van der Waals surface area contributed by atoms with E-state index in [2.05, 4.69) is 4.98 Å². The largest absolute Gasteiger partial charge is 0.508 e. The number of aromatic nitrogens is 1. The molecular weight excluding hydrogens is 454 g/mol. The molecule has 34 heavy (non-hydrogen) atoms. The third-order valence-corrected chi connectivity index (χ3v) is 8.04. The van der Waals surface area contributed by atoms with Crippen molar-refractivity contribution in [3.8, 4) is 5.75 Å². The van der Waals surface area contributed by atoms with Gasteiger partial charge in [0.25, 0.3) is 11.8 Å². The minimum atomic E-state index is -4.13. The lowest BCUT2D eigenvalue weighted by molar-refractivity contribution is 0.0739. The number of rotatable bonds is 4. The van der Waals surface area contributed by atoms with E-state index in [1.54, 1.807) is 30.9 Å². The predicted molar refractivity (Wildman–Crippen MR) is 127 cm³/mol. The highest BCUT2D eigenvalue weighted by atomic mass is 32.2. The van der Waals surface area contributed by atoms with Gasteiger partial charge in [-0.2, -0.15) is 0 Å². The molecule has 0 aliphatic carbocycles. The van der Waals surface area contributed by atoms with Crippen molar-refractivity contribution in [2.75, 3.05) is 6.54 Å². The Morgan fingerprint density at radius 3 is 2.32 bits per heavy atom. The first-order valence-electron chi connectivity index (χ1n) is 10.9. The SMILES string of the molecule is Cc1cc(C)cc(S(=O)(=O)c2c(C(N)=O)[nH]c(C(=O)N3CCCc4ccc(O)cc4C3)c2C)c1. The fourth-order valence-corrected chi connectivity index (χ4v) is 6.43. The van der Waals surface area contributed by atoms with Gasteiger partial charge in [0, 0.05) is 13.1 Å². The summed E-state index contributed by atoms with van der Waals surface area (Å²) >= 11 is 0. The highest BCUT2D eigenvalue weighted by Gasteiger charge is 2.33. The van der Waals surface area contributed by atoms with E-state index in [0.717, 1.165) is 28.7 Å². The maximum Gasteiger partial charge on any atom is 0.270 e. The van der Waals surface area contributed by atoms with E-state index >= 15 is 0 Å². The molecule has 2 aromatic carbocycles. The molecule has 0 spiro atoms. The standard InChI is InChI=1S/C25H27N3O5S/c1-14-9-15(2)11-20(10-14)34(32,33)23-16(3)21(27-22(23)24(26)30)25(31)28-8-4-5-17-6-7-19(29)12-18(17)13-28/h6-7,9-12,27,29H,4-5,8,13H2,1-3H3,(H2,26,30). The Kier molecular flexibility index (Phi) is 5.99. The number of nitrogens with two attached hydrogens (primary N) is 1. The minimum absolute atomic E-state index is 0.0142. The first-order valence-corrected chi connectivity index (χ1v) is 12.4. The number of carbonyl (C=O) groups is 2. The number of phenolic OH excluding ortho intramolecular Hbond substituents is 1. The van der Waals surface area contributed by atoms with Crippen molar-refractivity contribution >= 4 is 21.7 Å². The van der Waals surface area contributed by atoms with Gasteiger partial charge in [-0.15, -0.1) is 0 Å². The number of carbonyl (C=O) groups excluding carboxylic acids is 2. The second-order valence-corrected chi connectivity index (χ2v) is 10.7. The Labute approximate surface area is 198 Å². The average molecular weight is 482 g/mol. The van der Waals surface area contributed by atoms with Gasteiger partial charge in [-0.05, 0) is 85.7 Å². The van der Waals surface area contributed by atoms with Crippen molar-refractivity contribution in [2.45, 2.75) is 49.9 Å². The smallest absolute Gasteiger partial charge is 0.270 e. The molecule has 0 fully saturated rings. The second kappa shape index (κ2) is 8.64. The summed E-state index contributed by atoms with van der Waals surface area (Å²) in [7, 11) is -4.13. The summed E-state index contributed by atoms with van der Waals surface area (Å²) in [5.74, 6) is -1.28. The van der Waals surface area contributed by atoms with E-state index in [-0.39, 0.29) is 39.0 Å². The summed E-state index contributed by atoms with van der Waals surface area (Å²) in [4.78, 5) is 29.8. The number of fused-ring (bicyclic) bond motifs is 1. The Bertz CT molecular complexity index is 1400. The zero-order valence-electron chi connectivity index (χ0n) is 19.3. The van der Waals surface area contributed by atoms with Crippen LogP contribution in [-0.2, 0) is 22.8 Å². The van der Waals surface area contributed by atoms with Crippen LogP contribution in [0, 0.1) is 20.8 Å². The van der Waals surface area contributed by atoms with Crippen LogP contribution in [0.15, 0.2) is 46.2 Å². The molecule has 178 valence electrons. The summed E-state index contributed by atoms with van der Waals surface area (Å²) < 4.78 is 27.1. The fourth-order valence-electron chi connectivity index (χ4n) is 4.59. The van der Waals surface area contributed by atoms with Gasteiger partial charge in [0.1, 0.15) is 22.0 Å². The topological polar surface area (TPSA) is 134 Å². The van der Waals surface area contributed by atoms with Crippen molar-refractivity contribution in [3.63, 3.8) is 0 Å². The van der Waals surface area contributed by atoms with Crippen molar-refractivity contribution in [2.24, 2.45) is 5.73 Å². The number of aromatic amines is 1. The maximum atomic E-state index is 13.6. The molecule has 1 aliphatic heterocycles. The van der Waals surface area contributed by atoms with Gasteiger partial charge in [0.15, 0.2) is 0 Å².